The van der Waals surface area contributed by atoms with Crippen molar-refractivity contribution in [1.29, 1.82) is 0 Å². The summed E-state index contributed by atoms with van der Waals surface area (Å²) >= 11 is 0. The number of rotatable bonds is 9. The van der Waals surface area contributed by atoms with Crippen LogP contribution in [0, 0.1) is 0 Å². The number of hydrogen-bond acceptors (Lipinski definition) is 6. The first-order valence-electron chi connectivity index (χ1n) is 11.9. The first kappa shape index (κ1) is 23.9. The summed E-state index contributed by atoms with van der Waals surface area (Å²) < 4.78 is 32.2. The average Bonchev–Trinajstić information content (AvgIpc) is 3.35. The summed E-state index contributed by atoms with van der Waals surface area (Å²) in [6.45, 7) is 7.58. The number of nitrogens with one attached hydrogen (secondary N) is 1. The third kappa shape index (κ3) is 6.44. The predicted octanol–water partition coefficient (Wildman–Crippen LogP) is 2.39. The van der Waals surface area contributed by atoms with Gasteiger partial charge in [0.2, 0.25) is 5.09 Å². The molecule has 2 aliphatic heterocycles. The zero-order chi connectivity index (χ0) is 23.1. The second kappa shape index (κ2) is 11.3. The second-order valence-corrected chi connectivity index (χ2v) is 10.7. The molecule has 8 nitrogen and oxygen atoms in total. The normalized spacial score (nSPS) is 18.9. The van der Waals surface area contributed by atoms with Gasteiger partial charge in [0.25, 0.3) is 15.9 Å². The van der Waals surface area contributed by atoms with Crippen molar-refractivity contribution in [3.63, 3.8) is 0 Å². The molecule has 0 spiro atoms. The molecule has 33 heavy (non-hydrogen) atoms. The number of amides is 1. The van der Waals surface area contributed by atoms with Crippen LogP contribution in [0.25, 0.3) is 0 Å². The van der Waals surface area contributed by atoms with E-state index in [2.05, 4.69) is 39.4 Å². The smallest absolute Gasteiger partial charge is 0.287 e. The van der Waals surface area contributed by atoms with Gasteiger partial charge in [-0.3, -0.25) is 9.69 Å². The lowest BCUT2D eigenvalue weighted by Crippen LogP contribution is -2.46. The molecule has 0 atom stereocenters. The van der Waals surface area contributed by atoms with Gasteiger partial charge in [0.05, 0.1) is 0 Å². The number of hydrogen-bond donors (Lipinski definition) is 1. The molecule has 180 valence electrons. The minimum absolute atomic E-state index is 0.0418. The van der Waals surface area contributed by atoms with Gasteiger partial charge < -0.3 is 14.6 Å². The molecule has 1 aromatic carbocycles. The van der Waals surface area contributed by atoms with Gasteiger partial charge in [0.1, 0.15) is 0 Å². The zero-order valence-electron chi connectivity index (χ0n) is 19.1. The molecule has 0 bridgehead atoms. The molecule has 2 saturated heterocycles. The minimum atomic E-state index is -3.66. The fourth-order valence-electron chi connectivity index (χ4n) is 4.42. The van der Waals surface area contributed by atoms with Gasteiger partial charge in [0.15, 0.2) is 5.76 Å². The van der Waals surface area contributed by atoms with Crippen molar-refractivity contribution < 1.29 is 17.6 Å². The Kier molecular flexibility index (Phi) is 8.19. The maximum Gasteiger partial charge on any atom is 0.287 e. The van der Waals surface area contributed by atoms with E-state index in [1.807, 2.05) is 6.07 Å². The third-order valence-electron chi connectivity index (χ3n) is 6.36. The standard InChI is InChI=1S/C24H34N4O4S/c29-24(22-10-11-23(32-22)33(30,31)28-14-5-2-6-15-28)25-12-7-13-26-16-18-27(19-17-26)20-21-8-3-1-4-9-21/h1,3-4,8-11H,2,5-7,12-20H2,(H,25,29). The molecule has 1 amide bonds. The van der Waals surface area contributed by atoms with E-state index in [4.69, 9.17) is 4.42 Å². The average molecular weight is 475 g/mol. The van der Waals surface area contributed by atoms with Gasteiger partial charge in [-0.25, -0.2) is 8.42 Å². The number of nitrogens with zero attached hydrogens (tertiary/aromatic N) is 3. The van der Waals surface area contributed by atoms with Crippen LogP contribution in [-0.2, 0) is 16.6 Å². The molecule has 1 aromatic heterocycles. The summed E-state index contributed by atoms with van der Waals surface area (Å²) in [6, 6.07) is 13.4. The van der Waals surface area contributed by atoms with Crippen LogP contribution in [0.3, 0.4) is 0 Å². The Labute approximate surface area is 196 Å². The number of benzene rings is 1. The maximum absolute atomic E-state index is 12.7. The second-order valence-electron chi connectivity index (χ2n) is 8.80. The molecular weight excluding hydrogens is 440 g/mol. The fraction of sp³-hybridized carbons (Fsp3) is 0.542. The van der Waals surface area contributed by atoms with E-state index < -0.39 is 10.0 Å². The van der Waals surface area contributed by atoms with Gasteiger partial charge in [-0.2, -0.15) is 4.31 Å². The van der Waals surface area contributed by atoms with Crippen LogP contribution in [0.5, 0.6) is 0 Å². The van der Waals surface area contributed by atoms with Crippen molar-refractivity contribution in [3.8, 4) is 0 Å². The molecule has 2 fully saturated rings. The van der Waals surface area contributed by atoms with E-state index in [9.17, 15) is 13.2 Å². The number of piperazine rings is 1. The number of carbonyl (C=O) groups is 1. The Morgan fingerprint density at radius 3 is 2.30 bits per heavy atom. The van der Waals surface area contributed by atoms with Crippen molar-refractivity contribution >= 4 is 15.9 Å². The molecule has 0 saturated carbocycles. The first-order chi connectivity index (χ1) is 16.0. The van der Waals surface area contributed by atoms with Crippen molar-refractivity contribution in [1.82, 2.24) is 19.4 Å². The Morgan fingerprint density at radius 1 is 0.879 bits per heavy atom. The number of furan rings is 1. The number of sulfonamides is 1. The SMILES string of the molecule is O=C(NCCCN1CCN(Cc2ccccc2)CC1)c1ccc(S(=O)(=O)N2CCCCC2)o1. The lowest BCUT2D eigenvalue weighted by Gasteiger charge is -2.34. The van der Waals surface area contributed by atoms with E-state index in [-0.39, 0.29) is 16.8 Å². The lowest BCUT2D eigenvalue weighted by molar-refractivity contribution is 0.0914. The first-order valence-corrected chi connectivity index (χ1v) is 13.3. The molecule has 4 rings (SSSR count). The largest absolute Gasteiger partial charge is 0.438 e. The maximum atomic E-state index is 12.7. The van der Waals surface area contributed by atoms with Crippen LogP contribution in [0.2, 0.25) is 0 Å². The predicted molar refractivity (Wildman–Crippen MR) is 126 cm³/mol. The molecule has 0 aliphatic carbocycles. The molecule has 1 N–H and O–H groups in total. The van der Waals surface area contributed by atoms with Crippen LogP contribution in [0.1, 0.15) is 41.8 Å². The Bertz CT molecular complexity index is 994. The Morgan fingerprint density at radius 2 is 1.58 bits per heavy atom. The molecule has 2 aliphatic rings. The molecule has 0 radical (unpaired) electrons. The van der Waals surface area contributed by atoms with Gasteiger partial charge >= 0.3 is 0 Å². The topological polar surface area (TPSA) is 86.1 Å². The molecular formula is C24H34N4O4S. The summed E-state index contributed by atoms with van der Waals surface area (Å²) in [6.07, 6.45) is 3.59. The summed E-state index contributed by atoms with van der Waals surface area (Å²) in [5, 5.41) is 2.70. The van der Waals surface area contributed by atoms with E-state index in [1.54, 1.807) is 0 Å². The van der Waals surface area contributed by atoms with Crippen molar-refractivity contribution in [2.75, 3.05) is 52.4 Å². The van der Waals surface area contributed by atoms with Gasteiger partial charge in [-0.05, 0) is 43.5 Å². The monoisotopic (exact) mass is 474 g/mol. The van der Waals surface area contributed by atoms with Crippen molar-refractivity contribution in [3.05, 3.63) is 53.8 Å². The van der Waals surface area contributed by atoms with Gasteiger partial charge in [0, 0.05) is 52.4 Å². The van der Waals surface area contributed by atoms with Gasteiger partial charge in [-0.15, -0.1) is 0 Å². The highest BCUT2D eigenvalue weighted by Gasteiger charge is 2.29. The van der Waals surface area contributed by atoms with Crippen LogP contribution >= 0.6 is 0 Å². The van der Waals surface area contributed by atoms with Crippen LogP contribution in [0.15, 0.2) is 52.0 Å². The Balaban J connectivity index is 1.15. The van der Waals surface area contributed by atoms with Crippen molar-refractivity contribution in [2.24, 2.45) is 0 Å². The summed E-state index contributed by atoms with van der Waals surface area (Å²) in [5.41, 5.74) is 1.35. The Hall–Kier alpha value is -2.20. The highest BCUT2D eigenvalue weighted by Crippen LogP contribution is 2.22. The van der Waals surface area contributed by atoms with Crippen LogP contribution in [0.4, 0.5) is 0 Å². The van der Waals surface area contributed by atoms with Crippen LogP contribution in [-0.4, -0.2) is 80.8 Å². The third-order valence-corrected chi connectivity index (χ3v) is 8.14. The molecule has 9 heteroatoms. The van der Waals surface area contributed by atoms with Gasteiger partial charge in [-0.1, -0.05) is 36.8 Å². The van der Waals surface area contributed by atoms with Crippen molar-refractivity contribution in [2.45, 2.75) is 37.3 Å². The number of carbonyl (C=O) groups excluding carboxylic acids is 1. The minimum Gasteiger partial charge on any atom is -0.438 e. The molecule has 3 heterocycles. The summed E-state index contributed by atoms with van der Waals surface area (Å²) in [4.78, 5) is 17.3. The van der Waals surface area contributed by atoms with E-state index in [0.29, 0.717) is 19.6 Å². The number of piperidine rings is 1. The molecule has 2 aromatic rings. The highest BCUT2D eigenvalue weighted by atomic mass is 32.2. The fourth-order valence-corrected chi connectivity index (χ4v) is 5.85. The van der Waals surface area contributed by atoms with E-state index in [1.165, 1.54) is 22.0 Å². The summed E-state index contributed by atoms with van der Waals surface area (Å²) in [5.74, 6) is -0.331. The van der Waals surface area contributed by atoms with E-state index >= 15 is 0 Å². The quantitative estimate of drug-likeness (QED) is 0.562. The summed E-state index contributed by atoms with van der Waals surface area (Å²) in [7, 11) is -3.66. The lowest BCUT2D eigenvalue weighted by atomic mass is 10.2. The highest BCUT2D eigenvalue weighted by molar-refractivity contribution is 7.89. The van der Waals surface area contributed by atoms with Crippen LogP contribution < -0.4 is 5.32 Å². The zero-order valence-corrected chi connectivity index (χ0v) is 19.9. The van der Waals surface area contributed by atoms with E-state index in [0.717, 1.165) is 65.0 Å². The molecule has 0 unspecified atom stereocenters.